The first kappa shape index (κ1) is 13.2. The van der Waals surface area contributed by atoms with Crippen LogP contribution in [0.3, 0.4) is 0 Å². The van der Waals surface area contributed by atoms with Crippen molar-refractivity contribution < 1.29 is 9.26 Å². The van der Waals surface area contributed by atoms with Gasteiger partial charge in [0, 0.05) is 30.9 Å². The van der Waals surface area contributed by atoms with Gasteiger partial charge in [0.15, 0.2) is 5.82 Å². The fourth-order valence-corrected chi connectivity index (χ4v) is 2.37. The number of nitrogens with zero attached hydrogens (tertiary/aromatic N) is 2. The Morgan fingerprint density at radius 1 is 1.56 bits per heavy atom. The molecule has 1 N–H and O–H groups in total. The van der Waals surface area contributed by atoms with Crippen LogP contribution in [-0.2, 0) is 17.6 Å². The molecule has 2 heterocycles. The fraction of sp³-hybridized carbons (Fsp3) is 0.500. The van der Waals surface area contributed by atoms with Crippen molar-refractivity contribution in [2.75, 3.05) is 20.8 Å². The molecule has 98 valence electrons. The van der Waals surface area contributed by atoms with Crippen molar-refractivity contribution in [3.05, 3.63) is 34.1 Å². The van der Waals surface area contributed by atoms with Crippen LogP contribution in [0.5, 0.6) is 0 Å². The monoisotopic (exact) mass is 267 g/mol. The highest BCUT2D eigenvalue weighted by molar-refractivity contribution is 7.09. The van der Waals surface area contributed by atoms with Gasteiger partial charge in [-0.1, -0.05) is 11.2 Å². The summed E-state index contributed by atoms with van der Waals surface area (Å²) >= 11 is 1.70. The number of likely N-dealkylation sites (N-methyl/N-ethyl adjacent to an activating group) is 1. The van der Waals surface area contributed by atoms with Gasteiger partial charge in [0.25, 0.3) is 0 Å². The van der Waals surface area contributed by atoms with Crippen molar-refractivity contribution in [3.63, 3.8) is 0 Å². The molecular weight excluding hydrogens is 250 g/mol. The largest absolute Gasteiger partial charge is 0.383 e. The summed E-state index contributed by atoms with van der Waals surface area (Å²) in [7, 11) is 3.58. The van der Waals surface area contributed by atoms with E-state index in [9.17, 15) is 0 Å². The molecule has 2 aromatic rings. The average Bonchev–Trinajstić information content (AvgIpc) is 3.01. The second kappa shape index (κ2) is 6.63. The van der Waals surface area contributed by atoms with E-state index in [1.165, 1.54) is 4.88 Å². The number of aromatic nitrogens is 2. The lowest BCUT2D eigenvalue weighted by Crippen LogP contribution is -2.32. The summed E-state index contributed by atoms with van der Waals surface area (Å²) in [6, 6.07) is 4.29. The average molecular weight is 267 g/mol. The standard InChI is InChI=1S/C12H17N3O2S/c1-13-9(8-16-2)6-12-14-11(15-17-12)7-10-4-3-5-18-10/h3-5,9,13H,6-8H2,1-2H3. The molecule has 0 aromatic carbocycles. The summed E-state index contributed by atoms with van der Waals surface area (Å²) in [5.41, 5.74) is 0. The van der Waals surface area contributed by atoms with Crippen LogP contribution < -0.4 is 5.32 Å². The molecule has 1 unspecified atom stereocenters. The Hall–Kier alpha value is -1.24. The molecule has 0 radical (unpaired) electrons. The SMILES string of the molecule is CNC(COC)Cc1nc(Cc2cccs2)no1. The quantitative estimate of drug-likeness (QED) is 0.823. The van der Waals surface area contributed by atoms with E-state index < -0.39 is 0 Å². The number of methoxy groups -OCH3 is 1. The predicted molar refractivity (Wildman–Crippen MR) is 69.9 cm³/mol. The minimum atomic E-state index is 0.199. The molecule has 0 amide bonds. The third kappa shape index (κ3) is 3.63. The van der Waals surface area contributed by atoms with Crippen molar-refractivity contribution in [1.82, 2.24) is 15.5 Å². The fourth-order valence-electron chi connectivity index (χ4n) is 1.67. The minimum absolute atomic E-state index is 0.199. The Morgan fingerprint density at radius 2 is 2.44 bits per heavy atom. The van der Waals surface area contributed by atoms with Gasteiger partial charge in [0.05, 0.1) is 6.61 Å². The molecule has 18 heavy (non-hydrogen) atoms. The van der Waals surface area contributed by atoms with Crippen LogP contribution in [0, 0.1) is 0 Å². The van der Waals surface area contributed by atoms with Crippen LogP contribution >= 0.6 is 11.3 Å². The number of rotatable bonds is 7. The highest BCUT2D eigenvalue weighted by Gasteiger charge is 2.13. The molecule has 0 fully saturated rings. The Labute approximate surface area is 110 Å². The zero-order valence-electron chi connectivity index (χ0n) is 10.5. The normalized spacial score (nSPS) is 12.8. The highest BCUT2D eigenvalue weighted by atomic mass is 32.1. The summed E-state index contributed by atoms with van der Waals surface area (Å²) in [6.07, 6.45) is 1.41. The van der Waals surface area contributed by atoms with E-state index in [2.05, 4.69) is 21.5 Å². The summed E-state index contributed by atoms with van der Waals surface area (Å²) in [5.74, 6) is 1.39. The van der Waals surface area contributed by atoms with E-state index in [4.69, 9.17) is 9.26 Å². The van der Waals surface area contributed by atoms with Gasteiger partial charge >= 0.3 is 0 Å². The first-order chi connectivity index (χ1) is 8.81. The first-order valence-electron chi connectivity index (χ1n) is 5.82. The van der Waals surface area contributed by atoms with E-state index in [0.29, 0.717) is 18.9 Å². The van der Waals surface area contributed by atoms with Gasteiger partial charge in [-0.15, -0.1) is 11.3 Å². The maximum absolute atomic E-state index is 5.24. The van der Waals surface area contributed by atoms with E-state index in [1.807, 2.05) is 18.5 Å². The molecule has 0 aliphatic heterocycles. The van der Waals surface area contributed by atoms with E-state index in [1.54, 1.807) is 18.4 Å². The van der Waals surface area contributed by atoms with Crippen LogP contribution in [0.15, 0.2) is 22.0 Å². The maximum Gasteiger partial charge on any atom is 0.228 e. The van der Waals surface area contributed by atoms with Crippen molar-refractivity contribution >= 4 is 11.3 Å². The maximum atomic E-state index is 5.24. The third-order valence-electron chi connectivity index (χ3n) is 2.62. The lowest BCUT2D eigenvalue weighted by Gasteiger charge is -2.11. The molecule has 2 rings (SSSR count). The molecule has 0 aliphatic rings. The van der Waals surface area contributed by atoms with Gasteiger partial charge in [-0.3, -0.25) is 0 Å². The molecule has 5 nitrogen and oxygen atoms in total. The summed E-state index contributed by atoms with van der Waals surface area (Å²) in [6.45, 7) is 0.624. The lowest BCUT2D eigenvalue weighted by atomic mass is 10.2. The summed E-state index contributed by atoms with van der Waals surface area (Å²) < 4.78 is 10.3. The second-order valence-corrected chi connectivity index (χ2v) is 5.04. The Balaban J connectivity index is 1.93. The zero-order chi connectivity index (χ0) is 12.8. The van der Waals surface area contributed by atoms with E-state index in [0.717, 1.165) is 12.2 Å². The topological polar surface area (TPSA) is 60.2 Å². The molecule has 2 aromatic heterocycles. The van der Waals surface area contributed by atoms with Gasteiger partial charge in [-0.05, 0) is 18.5 Å². The molecule has 0 aliphatic carbocycles. The van der Waals surface area contributed by atoms with Crippen molar-refractivity contribution in [2.24, 2.45) is 0 Å². The van der Waals surface area contributed by atoms with Gasteiger partial charge in [0.2, 0.25) is 5.89 Å². The smallest absolute Gasteiger partial charge is 0.228 e. The second-order valence-electron chi connectivity index (χ2n) is 4.01. The number of ether oxygens (including phenoxy) is 1. The Morgan fingerprint density at radius 3 is 3.11 bits per heavy atom. The molecule has 6 heteroatoms. The number of hydrogen-bond donors (Lipinski definition) is 1. The first-order valence-corrected chi connectivity index (χ1v) is 6.70. The zero-order valence-corrected chi connectivity index (χ0v) is 11.4. The van der Waals surface area contributed by atoms with Gasteiger partial charge in [-0.25, -0.2) is 0 Å². The van der Waals surface area contributed by atoms with Crippen LogP contribution in [-0.4, -0.2) is 36.9 Å². The van der Waals surface area contributed by atoms with Gasteiger partial charge < -0.3 is 14.6 Å². The van der Waals surface area contributed by atoms with E-state index >= 15 is 0 Å². The van der Waals surface area contributed by atoms with Crippen molar-refractivity contribution in [1.29, 1.82) is 0 Å². The number of nitrogens with one attached hydrogen (secondary N) is 1. The van der Waals surface area contributed by atoms with Crippen molar-refractivity contribution in [3.8, 4) is 0 Å². The molecule has 1 atom stereocenters. The van der Waals surface area contributed by atoms with Crippen molar-refractivity contribution in [2.45, 2.75) is 18.9 Å². The van der Waals surface area contributed by atoms with Crippen LogP contribution in [0.25, 0.3) is 0 Å². The Kier molecular flexibility index (Phi) is 4.86. The van der Waals surface area contributed by atoms with Gasteiger partial charge in [0.1, 0.15) is 0 Å². The molecule has 0 bridgehead atoms. The highest BCUT2D eigenvalue weighted by Crippen LogP contribution is 2.13. The molecular formula is C12H17N3O2S. The molecule has 0 saturated heterocycles. The number of hydrogen-bond acceptors (Lipinski definition) is 6. The van der Waals surface area contributed by atoms with Crippen LogP contribution in [0.2, 0.25) is 0 Å². The molecule has 0 spiro atoms. The Bertz CT molecular complexity index is 456. The van der Waals surface area contributed by atoms with Crippen LogP contribution in [0.4, 0.5) is 0 Å². The predicted octanol–water partition coefficient (Wildman–Crippen LogP) is 1.50. The summed E-state index contributed by atoms with van der Waals surface area (Å²) in [4.78, 5) is 5.63. The minimum Gasteiger partial charge on any atom is -0.383 e. The molecule has 0 saturated carbocycles. The third-order valence-corrected chi connectivity index (χ3v) is 3.50. The van der Waals surface area contributed by atoms with E-state index in [-0.39, 0.29) is 6.04 Å². The lowest BCUT2D eigenvalue weighted by molar-refractivity contribution is 0.165. The van der Waals surface area contributed by atoms with Gasteiger partial charge in [-0.2, -0.15) is 4.98 Å². The number of thiophene rings is 1. The summed E-state index contributed by atoms with van der Waals surface area (Å²) in [5, 5.41) is 9.19. The van der Waals surface area contributed by atoms with Crippen LogP contribution in [0.1, 0.15) is 16.6 Å².